The molecular weight excluding hydrogens is 528 g/mol. The molecule has 2 N–H and O–H groups in total. The molecule has 3 heterocycles. The molecule has 2 saturated heterocycles. The number of carbonyl (C=O) groups excluding carboxylic acids is 2. The van der Waals surface area contributed by atoms with Crippen LogP contribution < -0.4 is 0 Å². The van der Waals surface area contributed by atoms with Gasteiger partial charge in [-0.25, -0.2) is 0 Å². The van der Waals surface area contributed by atoms with Gasteiger partial charge in [0, 0.05) is 18.4 Å². The van der Waals surface area contributed by atoms with E-state index in [1.54, 1.807) is 25.3 Å². The molecule has 228 valence electrons. The number of aliphatic hydroxyl groups is 1. The maximum absolute atomic E-state index is 13.1. The molecule has 0 unspecified atom stereocenters. The number of cyclic esters (lactones) is 1. The van der Waals surface area contributed by atoms with E-state index in [2.05, 4.69) is 20.8 Å². The molecule has 9 nitrogen and oxygen atoms in total. The Morgan fingerprint density at radius 1 is 1.12 bits per heavy atom. The van der Waals surface area contributed by atoms with Gasteiger partial charge in [-0.2, -0.15) is 0 Å². The number of methoxy groups -OCH3 is 1. The predicted octanol–water partition coefficient (Wildman–Crippen LogP) is 5.34. The number of hydrogen-bond acceptors (Lipinski definition) is 9. The summed E-state index contributed by atoms with van der Waals surface area (Å²) in [4.78, 5) is 26.0. The van der Waals surface area contributed by atoms with Crippen molar-refractivity contribution in [1.29, 1.82) is 0 Å². The van der Waals surface area contributed by atoms with E-state index in [1.165, 1.54) is 6.92 Å². The van der Waals surface area contributed by atoms with Gasteiger partial charge in [0.2, 0.25) is 5.79 Å². The molecular formula is C32H46O9. The molecule has 4 rings (SSSR count). The van der Waals surface area contributed by atoms with Gasteiger partial charge in [0.15, 0.2) is 0 Å². The Morgan fingerprint density at radius 2 is 1.85 bits per heavy atom. The minimum absolute atomic E-state index is 0.0382. The van der Waals surface area contributed by atoms with E-state index in [4.69, 9.17) is 23.7 Å². The number of aromatic hydroxyl groups is 1. The van der Waals surface area contributed by atoms with Crippen LogP contribution in [0.3, 0.4) is 0 Å². The second-order valence-corrected chi connectivity index (χ2v) is 12.8. The molecule has 0 aliphatic carbocycles. The van der Waals surface area contributed by atoms with Gasteiger partial charge >= 0.3 is 11.9 Å². The van der Waals surface area contributed by atoms with Crippen molar-refractivity contribution in [2.75, 3.05) is 7.11 Å². The van der Waals surface area contributed by atoms with Crippen molar-refractivity contribution < 1.29 is 43.5 Å². The smallest absolute Gasteiger partial charge is 0.313 e. The van der Waals surface area contributed by atoms with Crippen LogP contribution in [0.5, 0.6) is 5.75 Å². The minimum atomic E-state index is -1.12. The molecule has 3 aliphatic rings. The fourth-order valence-corrected chi connectivity index (χ4v) is 6.59. The van der Waals surface area contributed by atoms with E-state index in [0.717, 1.165) is 17.6 Å². The number of allylic oxidation sites excluding steroid dienone is 1. The summed E-state index contributed by atoms with van der Waals surface area (Å²) in [7, 11) is 1.66. The Morgan fingerprint density at radius 3 is 2.51 bits per heavy atom. The Bertz CT molecular complexity index is 1140. The maximum atomic E-state index is 13.1. The Kier molecular flexibility index (Phi) is 9.41. The van der Waals surface area contributed by atoms with Crippen LogP contribution in [0.15, 0.2) is 35.6 Å². The zero-order chi connectivity index (χ0) is 30.1. The SMILES string of the molecule is CO[C@@H](CC[C@H](C)[C@H]1O[C@]23C[C@H](OC(=O)C[C@@H]([C@@H](C)O)OC(=O)CC(=C(C)CC2(C)C)O3)[C@@H]1C)c1cccc(O)c1. The molecule has 41 heavy (non-hydrogen) atoms. The third kappa shape index (κ3) is 6.73. The summed E-state index contributed by atoms with van der Waals surface area (Å²) in [5.41, 5.74) is 1.37. The first-order chi connectivity index (χ1) is 19.2. The van der Waals surface area contributed by atoms with Crippen LogP contribution >= 0.6 is 0 Å². The summed E-state index contributed by atoms with van der Waals surface area (Å²) in [6, 6.07) is 7.09. The number of phenolic OH excluding ortho intramolecular Hbond substituents is 1. The maximum Gasteiger partial charge on any atom is 0.313 e. The van der Waals surface area contributed by atoms with Gasteiger partial charge in [0.1, 0.15) is 30.1 Å². The fraction of sp³-hybridized carbons (Fsp3) is 0.688. The molecule has 8 atom stereocenters. The van der Waals surface area contributed by atoms with Gasteiger partial charge in [0.05, 0.1) is 31.2 Å². The molecule has 0 amide bonds. The predicted molar refractivity (Wildman–Crippen MR) is 150 cm³/mol. The third-order valence-corrected chi connectivity index (χ3v) is 9.15. The van der Waals surface area contributed by atoms with E-state index < -0.39 is 41.5 Å². The first-order valence-corrected chi connectivity index (χ1v) is 14.7. The quantitative estimate of drug-likeness (QED) is 0.416. The Labute approximate surface area is 243 Å². The molecule has 1 spiro atoms. The van der Waals surface area contributed by atoms with E-state index in [0.29, 0.717) is 25.0 Å². The summed E-state index contributed by atoms with van der Waals surface area (Å²) in [6.45, 7) is 11.8. The van der Waals surface area contributed by atoms with Gasteiger partial charge < -0.3 is 33.9 Å². The molecule has 3 aliphatic heterocycles. The molecule has 1 aromatic carbocycles. The second-order valence-electron chi connectivity index (χ2n) is 12.8. The highest BCUT2D eigenvalue weighted by Crippen LogP contribution is 2.54. The van der Waals surface area contributed by atoms with Crippen LogP contribution in [0.4, 0.5) is 0 Å². The zero-order valence-corrected chi connectivity index (χ0v) is 25.3. The second kappa shape index (κ2) is 12.3. The molecule has 0 radical (unpaired) electrons. The van der Waals surface area contributed by atoms with Crippen molar-refractivity contribution in [3.8, 4) is 5.75 Å². The molecule has 0 saturated carbocycles. The Balaban J connectivity index is 1.64. The van der Waals surface area contributed by atoms with Crippen molar-refractivity contribution in [3.05, 3.63) is 41.2 Å². The van der Waals surface area contributed by atoms with Crippen LogP contribution in [0.25, 0.3) is 0 Å². The number of benzene rings is 1. The summed E-state index contributed by atoms with van der Waals surface area (Å²) in [5, 5.41) is 20.2. The first kappa shape index (κ1) is 31.3. The van der Waals surface area contributed by atoms with Crippen LogP contribution in [-0.4, -0.2) is 59.5 Å². The summed E-state index contributed by atoms with van der Waals surface area (Å²) < 4.78 is 30.9. The number of aliphatic hydroxyl groups excluding tert-OH is 1. The lowest BCUT2D eigenvalue weighted by Crippen LogP contribution is -2.62. The molecule has 9 heteroatoms. The summed E-state index contributed by atoms with van der Waals surface area (Å²) >= 11 is 0. The van der Waals surface area contributed by atoms with Crippen LogP contribution in [0, 0.1) is 17.3 Å². The average molecular weight is 575 g/mol. The van der Waals surface area contributed by atoms with Gasteiger partial charge in [-0.1, -0.05) is 39.8 Å². The first-order valence-electron chi connectivity index (χ1n) is 14.7. The number of esters is 2. The molecule has 2 fully saturated rings. The Hall–Kier alpha value is -2.62. The number of phenols is 1. The van der Waals surface area contributed by atoms with Crippen molar-refractivity contribution >= 4 is 11.9 Å². The monoisotopic (exact) mass is 574 g/mol. The highest BCUT2D eigenvalue weighted by atomic mass is 16.7. The summed E-state index contributed by atoms with van der Waals surface area (Å²) in [5.74, 6) is -1.63. The third-order valence-electron chi connectivity index (χ3n) is 9.15. The van der Waals surface area contributed by atoms with E-state index >= 15 is 0 Å². The van der Waals surface area contributed by atoms with E-state index in [-0.39, 0.29) is 42.6 Å². The number of carbonyl (C=O) groups is 2. The lowest BCUT2D eigenvalue weighted by molar-refractivity contribution is -0.352. The van der Waals surface area contributed by atoms with E-state index in [9.17, 15) is 19.8 Å². The minimum Gasteiger partial charge on any atom is -0.508 e. The van der Waals surface area contributed by atoms with Crippen LogP contribution in [0.2, 0.25) is 0 Å². The highest BCUT2D eigenvalue weighted by Gasteiger charge is 2.60. The number of ether oxygens (including phenoxy) is 5. The number of rotatable bonds is 7. The van der Waals surface area contributed by atoms with E-state index in [1.807, 2.05) is 19.9 Å². The van der Waals surface area contributed by atoms with Crippen LogP contribution in [-0.2, 0) is 33.3 Å². The fourth-order valence-electron chi connectivity index (χ4n) is 6.59. The lowest BCUT2D eigenvalue weighted by atomic mass is 9.69. The molecule has 0 aromatic heterocycles. The van der Waals surface area contributed by atoms with Crippen molar-refractivity contribution in [2.45, 2.75) is 116 Å². The standard InChI is InChI=1S/C32H46O9/c1-18(11-12-24(37-7)22-9-8-10-23(34)13-22)30-20(3)27-17-32(41-30)31(5,6)16-19(2)25(40-32)14-28(35)38-26(21(4)33)15-29(36)39-27/h8-10,13,18,20-21,24,26-27,30,33-34H,11-12,14-17H2,1-7H3/t18-,20-,21+,24-,26-,27-,30+,32+/m0/s1. The topological polar surface area (TPSA) is 121 Å². The normalized spacial score (nSPS) is 32.4. The van der Waals surface area contributed by atoms with Crippen molar-refractivity contribution in [1.82, 2.24) is 0 Å². The van der Waals surface area contributed by atoms with Crippen LogP contribution in [0.1, 0.15) is 91.7 Å². The number of fused-ring (bicyclic) bond motifs is 2. The summed E-state index contributed by atoms with van der Waals surface area (Å²) in [6.07, 6.45) is -0.995. The van der Waals surface area contributed by atoms with Gasteiger partial charge in [-0.3, -0.25) is 9.59 Å². The highest BCUT2D eigenvalue weighted by molar-refractivity contribution is 5.74. The average Bonchev–Trinajstić information content (AvgIpc) is 2.88. The van der Waals surface area contributed by atoms with Crippen molar-refractivity contribution in [2.24, 2.45) is 17.3 Å². The van der Waals surface area contributed by atoms with Gasteiger partial charge in [-0.15, -0.1) is 0 Å². The van der Waals surface area contributed by atoms with Gasteiger partial charge in [-0.05, 0) is 62.3 Å². The zero-order valence-electron chi connectivity index (χ0n) is 25.3. The van der Waals surface area contributed by atoms with Gasteiger partial charge in [0.25, 0.3) is 0 Å². The number of hydrogen-bond donors (Lipinski definition) is 2. The largest absolute Gasteiger partial charge is 0.508 e. The molecule has 3 bridgehead atoms. The molecule has 1 aromatic rings. The van der Waals surface area contributed by atoms with Crippen molar-refractivity contribution in [3.63, 3.8) is 0 Å². The lowest BCUT2D eigenvalue weighted by Gasteiger charge is -2.57.